The van der Waals surface area contributed by atoms with E-state index in [9.17, 15) is 4.79 Å². The number of nitrogens with zero attached hydrogens (tertiary/aromatic N) is 1. The standard InChI is InChI=1S/C15H26N2O/c1-2-10-17(12-13-6-5-9-16-11-13)15(18)14-7-3-4-8-14/h3-4,13-14,16H,2,5-12H2,1H3. The molecule has 1 aliphatic carbocycles. The van der Waals surface area contributed by atoms with Crippen molar-refractivity contribution in [2.75, 3.05) is 26.2 Å². The second kappa shape index (κ2) is 6.93. The number of amides is 1. The lowest BCUT2D eigenvalue weighted by molar-refractivity contribution is -0.136. The minimum atomic E-state index is 0.230. The van der Waals surface area contributed by atoms with Crippen molar-refractivity contribution < 1.29 is 4.79 Å². The van der Waals surface area contributed by atoms with Crippen molar-refractivity contribution >= 4 is 5.91 Å². The van der Waals surface area contributed by atoms with Gasteiger partial charge >= 0.3 is 0 Å². The first-order chi connectivity index (χ1) is 8.81. The van der Waals surface area contributed by atoms with Gasteiger partial charge in [0.05, 0.1) is 0 Å². The number of allylic oxidation sites excluding steroid dienone is 2. The molecule has 0 saturated carbocycles. The quantitative estimate of drug-likeness (QED) is 0.759. The molecule has 2 aliphatic rings. The fourth-order valence-electron chi connectivity index (χ4n) is 3.03. The molecule has 0 aromatic carbocycles. The van der Waals surface area contributed by atoms with E-state index in [1.807, 2.05) is 0 Å². The first-order valence-corrected chi connectivity index (χ1v) is 7.45. The third kappa shape index (κ3) is 3.58. The van der Waals surface area contributed by atoms with Crippen molar-refractivity contribution in [3.05, 3.63) is 12.2 Å². The summed E-state index contributed by atoms with van der Waals surface area (Å²) in [4.78, 5) is 14.6. The van der Waals surface area contributed by atoms with Gasteiger partial charge in [-0.05, 0) is 51.1 Å². The molecular formula is C15H26N2O. The summed E-state index contributed by atoms with van der Waals surface area (Å²) in [5, 5.41) is 3.44. The van der Waals surface area contributed by atoms with E-state index in [0.29, 0.717) is 11.8 Å². The van der Waals surface area contributed by atoms with Crippen LogP contribution in [0.1, 0.15) is 39.0 Å². The summed E-state index contributed by atoms with van der Waals surface area (Å²) in [7, 11) is 0. The molecule has 1 N–H and O–H groups in total. The Balaban J connectivity index is 1.87. The molecule has 1 heterocycles. The van der Waals surface area contributed by atoms with E-state index in [2.05, 4.69) is 29.3 Å². The van der Waals surface area contributed by atoms with Gasteiger partial charge in [0.2, 0.25) is 5.91 Å². The van der Waals surface area contributed by atoms with Crippen LogP contribution in [0.4, 0.5) is 0 Å². The lowest BCUT2D eigenvalue weighted by atomic mass is 9.97. The molecule has 3 nitrogen and oxygen atoms in total. The van der Waals surface area contributed by atoms with Gasteiger partial charge in [-0.15, -0.1) is 0 Å². The van der Waals surface area contributed by atoms with E-state index in [1.54, 1.807) is 0 Å². The highest BCUT2D eigenvalue weighted by Crippen LogP contribution is 2.22. The zero-order valence-electron chi connectivity index (χ0n) is 11.5. The molecule has 0 spiro atoms. The fourth-order valence-corrected chi connectivity index (χ4v) is 3.03. The maximum atomic E-state index is 12.5. The Labute approximate surface area is 111 Å². The first kappa shape index (κ1) is 13.6. The average molecular weight is 250 g/mol. The number of piperidine rings is 1. The van der Waals surface area contributed by atoms with E-state index < -0.39 is 0 Å². The van der Waals surface area contributed by atoms with Crippen molar-refractivity contribution in [1.29, 1.82) is 0 Å². The summed E-state index contributed by atoms with van der Waals surface area (Å²) in [6.07, 6.45) is 9.77. The topological polar surface area (TPSA) is 32.3 Å². The maximum absolute atomic E-state index is 12.5. The Kier molecular flexibility index (Phi) is 5.24. The molecule has 0 bridgehead atoms. The highest BCUT2D eigenvalue weighted by Gasteiger charge is 2.26. The molecule has 1 fully saturated rings. The number of carbonyl (C=O) groups excluding carboxylic acids is 1. The second-order valence-corrected chi connectivity index (χ2v) is 5.64. The smallest absolute Gasteiger partial charge is 0.226 e. The van der Waals surface area contributed by atoms with E-state index in [0.717, 1.165) is 45.4 Å². The number of rotatable bonds is 5. The molecule has 0 aromatic heterocycles. The van der Waals surface area contributed by atoms with Crippen LogP contribution in [0.5, 0.6) is 0 Å². The molecule has 1 unspecified atom stereocenters. The van der Waals surface area contributed by atoms with Gasteiger partial charge in [-0.2, -0.15) is 0 Å². The van der Waals surface area contributed by atoms with Crippen molar-refractivity contribution in [3.63, 3.8) is 0 Å². The Morgan fingerprint density at radius 3 is 2.78 bits per heavy atom. The molecule has 18 heavy (non-hydrogen) atoms. The summed E-state index contributed by atoms with van der Waals surface area (Å²) in [5.41, 5.74) is 0. The second-order valence-electron chi connectivity index (χ2n) is 5.64. The third-order valence-corrected chi connectivity index (χ3v) is 4.04. The van der Waals surface area contributed by atoms with Crippen molar-refractivity contribution in [2.24, 2.45) is 11.8 Å². The number of carbonyl (C=O) groups is 1. The monoisotopic (exact) mass is 250 g/mol. The van der Waals surface area contributed by atoms with Gasteiger partial charge in [0.15, 0.2) is 0 Å². The third-order valence-electron chi connectivity index (χ3n) is 4.04. The van der Waals surface area contributed by atoms with E-state index in [4.69, 9.17) is 0 Å². The molecular weight excluding hydrogens is 224 g/mol. The van der Waals surface area contributed by atoms with Crippen LogP contribution >= 0.6 is 0 Å². The molecule has 1 atom stereocenters. The normalized spacial score (nSPS) is 24.4. The zero-order chi connectivity index (χ0) is 12.8. The summed E-state index contributed by atoms with van der Waals surface area (Å²) >= 11 is 0. The zero-order valence-corrected chi connectivity index (χ0v) is 11.5. The molecule has 102 valence electrons. The van der Waals surface area contributed by atoms with Gasteiger partial charge in [0.1, 0.15) is 0 Å². The SMILES string of the molecule is CCCN(CC1CCCNC1)C(=O)C1CC=CC1. The lowest BCUT2D eigenvalue weighted by Gasteiger charge is -2.31. The van der Waals surface area contributed by atoms with E-state index >= 15 is 0 Å². The molecule has 1 amide bonds. The van der Waals surface area contributed by atoms with Gasteiger partial charge in [-0.25, -0.2) is 0 Å². The Morgan fingerprint density at radius 1 is 1.39 bits per heavy atom. The van der Waals surface area contributed by atoms with Crippen LogP contribution in [0.2, 0.25) is 0 Å². The Hall–Kier alpha value is -0.830. The van der Waals surface area contributed by atoms with Crippen LogP contribution in [0.15, 0.2) is 12.2 Å². The summed E-state index contributed by atoms with van der Waals surface area (Å²) in [5.74, 6) is 1.27. The molecule has 0 radical (unpaired) electrons. The number of hydrogen-bond donors (Lipinski definition) is 1. The van der Waals surface area contributed by atoms with Crippen molar-refractivity contribution in [3.8, 4) is 0 Å². The van der Waals surface area contributed by atoms with E-state index in [1.165, 1.54) is 12.8 Å². The largest absolute Gasteiger partial charge is 0.342 e. The predicted molar refractivity (Wildman–Crippen MR) is 74.3 cm³/mol. The van der Waals surface area contributed by atoms with Gasteiger partial charge in [-0.1, -0.05) is 19.1 Å². The highest BCUT2D eigenvalue weighted by atomic mass is 16.2. The van der Waals surface area contributed by atoms with Crippen molar-refractivity contribution in [2.45, 2.75) is 39.0 Å². The van der Waals surface area contributed by atoms with Crippen LogP contribution in [0.25, 0.3) is 0 Å². The molecule has 1 saturated heterocycles. The van der Waals surface area contributed by atoms with Crippen molar-refractivity contribution in [1.82, 2.24) is 10.2 Å². The van der Waals surface area contributed by atoms with E-state index in [-0.39, 0.29) is 5.92 Å². The Bertz CT molecular complexity index is 287. The molecule has 1 aliphatic heterocycles. The Morgan fingerprint density at radius 2 is 2.17 bits per heavy atom. The van der Waals surface area contributed by atoms with Gasteiger partial charge in [-0.3, -0.25) is 4.79 Å². The maximum Gasteiger partial charge on any atom is 0.226 e. The predicted octanol–water partition coefficient (Wildman–Crippen LogP) is 2.19. The molecule has 0 aromatic rings. The first-order valence-electron chi connectivity index (χ1n) is 7.45. The minimum absolute atomic E-state index is 0.230. The number of nitrogens with one attached hydrogen (secondary N) is 1. The van der Waals surface area contributed by atoms with Crippen LogP contribution in [-0.4, -0.2) is 37.0 Å². The number of hydrogen-bond acceptors (Lipinski definition) is 2. The van der Waals surface area contributed by atoms with Gasteiger partial charge in [0, 0.05) is 19.0 Å². The fraction of sp³-hybridized carbons (Fsp3) is 0.800. The molecule has 2 rings (SSSR count). The van der Waals surface area contributed by atoms with Crippen LogP contribution in [-0.2, 0) is 4.79 Å². The van der Waals surface area contributed by atoms with Crippen LogP contribution < -0.4 is 5.32 Å². The highest BCUT2D eigenvalue weighted by molar-refractivity contribution is 5.79. The minimum Gasteiger partial charge on any atom is -0.342 e. The average Bonchev–Trinajstić information content (AvgIpc) is 2.92. The van der Waals surface area contributed by atoms with Gasteiger partial charge in [0.25, 0.3) is 0 Å². The van der Waals surface area contributed by atoms with Crippen LogP contribution in [0.3, 0.4) is 0 Å². The summed E-state index contributed by atoms with van der Waals surface area (Å²) in [6.45, 7) is 6.26. The molecule has 3 heteroatoms. The summed E-state index contributed by atoms with van der Waals surface area (Å²) in [6, 6.07) is 0. The van der Waals surface area contributed by atoms with Crippen LogP contribution in [0, 0.1) is 11.8 Å². The summed E-state index contributed by atoms with van der Waals surface area (Å²) < 4.78 is 0. The van der Waals surface area contributed by atoms with Gasteiger partial charge < -0.3 is 10.2 Å². The lowest BCUT2D eigenvalue weighted by Crippen LogP contribution is -2.43.